The highest BCUT2D eigenvalue weighted by molar-refractivity contribution is 6.12. The first kappa shape index (κ1) is 27.9. The number of nitrogens with one attached hydrogen (secondary N) is 1. The van der Waals surface area contributed by atoms with Gasteiger partial charge in [0.1, 0.15) is 6.54 Å². The van der Waals surface area contributed by atoms with Crippen molar-refractivity contribution < 1.29 is 9.59 Å². The first-order chi connectivity index (χ1) is 20.7. The second-order valence-electron chi connectivity index (χ2n) is 11.5. The van der Waals surface area contributed by atoms with Gasteiger partial charge in [-0.05, 0) is 61.7 Å². The van der Waals surface area contributed by atoms with E-state index in [0.717, 1.165) is 67.4 Å². The molecule has 6 rings (SSSR count). The molecule has 1 N–H and O–H groups in total. The van der Waals surface area contributed by atoms with Gasteiger partial charge in [-0.25, -0.2) is 0 Å². The van der Waals surface area contributed by atoms with Gasteiger partial charge < -0.3 is 20.0 Å². The summed E-state index contributed by atoms with van der Waals surface area (Å²) in [5.74, 6) is 0.399. The third kappa shape index (κ3) is 6.48. The number of hydrogen-bond acceptors (Lipinski definition) is 6. The van der Waals surface area contributed by atoms with Gasteiger partial charge in [0.05, 0.1) is 5.69 Å². The molecule has 1 saturated carbocycles. The number of carbonyl (C=O) groups is 2. The number of rotatable bonds is 8. The average Bonchev–Trinajstić information content (AvgIpc) is 3.18. The molecule has 8 nitrogen and oxygen atoms in total. The molecule has 0 bridgehead atoms. The van der Waals surface area contributed by atoms with E-state index in [1.54, 1.807) is 0 Å². The molecule has 3 aromatic rings. The number of amides is 2. The van der Waals surface area contributed by atoms with Gasteiger partial charge in [0.15, 0.2) is 0 Å². The average molecular weight is 565 g/mol. The Bertz CT molecular complexity index is 1390. The molecule has 1 aliphatic carbocycles. The van der Waals surface area contributed by atoms with Crippen LogP contribution in [0.3, 0.4) is 0 Å². The van der Waals surface area contributed by atoms with Crippen molar-refractivity contribution in [1.29, 1.82) is 0 Å². The normalized spacial score (nSPS) is 17.9. The number of para-hydroxylation sites is 1. The molecular formula is C34H40N6O2. The van der Waals surface area contributed by atoms with E-state index in [0.29, 0.717) is 25.3 Å². The van der Waals surface area contributed by atoms with Crippen molar-refractivity contribution in [3.8, 4) is 0 Å². The van der Waals surface area contributed by atoms with Crippen LogP contribution in [-0.4, -0.2) is 61.8 Å². The molecule has 0 atom stereocenters. The number of aromatic nitrogens is 1. The maximum atomic E-state index is 13.1. The number of piperazine rings is 1. The molecule has 8 heteroatoms. The quantitative estimate of drug-likeness (QED) is 0.388. The summed E-state index contributed by atoms with van der Waals surface area (Å²) in [5.41, 5.74) is 6.28. The number of hydrogen-bond donors (Lipinski definition) is 1. The number of anilines is 4. The number of pyridine rings is 1. The van der Waals surface area contributed by atoms with E-state index in [1.807, 2.05) is 47.6 Å². The highest BCUT2D eigenvalue weighted by Gasteiger charge is 2.29. The monoisotopic (exact) mass is 564 g/mol. The molecule has 0 spiro atoms. The lowest BCUT2D eigenvalue weighted by molar-refractivity contribution is -0.118. The van der Waals surface area contributed by atoms with Crippen LogP contribution in [-0.2, 0) is 9.59 Å². The summed E-state index contributed by atoms with van der Waals surface area (Å²) in [4.78, 5) is 41.5. The Morgan fingerprint density at radius 2 is 1.50 bits per heavy atom. The number of benzene rings is 2. The third-order valence-electron chi connectivity index (χ3n) is 8.76. The molecule has 0 unspecified atom stereocenters. The minimum absolute atomic E-state index is 0.00543. The maximum Gasteiger partial charge on any atom is 0.248 e. The fraction of sp³-hybridized carbons (Fsp3) is 0.412. The second kappa shape index (κ2) is 13.2. The lowest BCUT2D eigenvalue weighted by atomic mass is 9.83. The molecule has 2 aromatic carbocycles. The smallest absolute Gasteiger partial charge is 0.248 e. The Labute approximate surface area is 248 Å². The predicted octanol–water partition coefficient (Wildman–Crippen LogP) is 5.54. The van der Waals surface area contributed by atoms with E-state index >= 15 is 0 Å². The predicted molar refractivity (Wildman–Crippen MR) is 170 cm³/mol. The highest BCUT2D eigenvalue weighted by atomic mass is 16.2. The zero-order valence-corrected chi connectivity index (χ0v) is 24.3. The summed E-state index contributed by atoms with van der Waals surface area (Å²) >= 11 is 0. The molecular weight excluding hydrogens is 524 g/mol. The minimum Gasteiger partial charge on any atom is -0.368 e. The lowest BCUT2D eigenvalue weighted by Gasteiger charge is -2.37. The van der Waals surface area contributed by atoms with Crippen molar-refractivity contribution in [1.82, 2.24) is 4.98 Å². The molecule has 1 saturated heterocycles. The number of benzodiazepines with no additional fused rings is 1. The number of fused-ring (bicyclic) bond motifs is 1. The molecule has 1 aromatic heterocycles. The number of carbonyl (C=O) groups excluding carboxylic acids is 2. The van der Waals surface area contributed by atoms with Crippen molar-refractivity contribution in [3.05, 3.63) is 78.6 Å². The van der Waals surface area contributed by atoms with Crippen LogP contribution in [0.25, 0.3) is 0 Å². The van der Waals surface area contributed by atoms with Crippen LogP contribution < -0.4 is 20.0 Å². The molecule has 2 aliphatic heterocycles. The SMILES string of the molecule is O=C(CCCN1C(=O)CN=C(C2CCCCC2)c2ccccc21)Nc1ccc(N2CCN(c3ccncc3)CC2)cc1. The summed E-state index contributed by atoms with van der Waals surface area (Å²) in [5, 5.41) is 3.03. The van der Waals surface area contributed by atoms with Gasteiger partial charge in [-0.1, -0.05) is 37.5 Å². The Kier molecular flexibility index (Phi) is 8.78. The number of aliphatic imine (C=N–C) groups is 1. The van der Waals surface area contributed by atoms with E-state index in [2.05, 4.69) is 50.4 Å². The topological polar surface area (TPSA) is 81.1 Å². The fourth-order valence-electron chi connectivity index (χ4n) is 6.51. The Morgan fingerprint density at radius 1 is 0.833 bits per heavy atom. The third-order valence-corrected chi connectivity index (χ3v) is 8.76. The van der Waals surface area contributed by atoms with Gasteiger partial charge >= 0.3 is 0 Å². The summed E-state index contributed by atoms with van der Waals surface area (Å²) < 4.78 is 0. The molecule has 3 aliphatic rings. The maximum absolute atomic E-state index is 13.1. The van der Waals surface area contributed by atoms with Crippen molar-refractivity contribution >= 4 is 40.3 Å². The van der Waals surface area contributed by atoms with Gasteiger partial charge in [-0.2, -0.15) is 0 Å². The highest BCUT2D eigenvalue weighted by Crippen LogP contribution is 2.33. The number of nitrogens with zero attached hydrogens (tertiary/aromatic N) is 5. The van der Waals surface area contributed by atoms with Crippen molar-refractivity contribution in [2.75, 3.05) is 59.3 Å². The molecule has 0 radical (unpaired) electrons. The zero-order chi connectivity index (χ0) is 28.7. The fourth-order valence-corrected chi connectivity index (χ4v) is 6.51. The van der Waals surface area contributed by atoms with Crippen LogP contribution in [0.15, 0.2) is 78.0 Å². The second-order valence-corrected chi connectivity index (χ2v) is 11.5. The molecule has 2 fully saturated rings. The van der Waals surface area contributed by atoms with E-state index in [4.69, 9.17) is 4.99 Å². The van der Waals surface area contributed by atoms with E-state index in [-0.39, 0.29) is 18.4 Å². The van der Waals surface area contributed by atoms with E-state index < -0.39 is 0 Å². The van der Waals surface area contributed by atoms with Crippen molar-refractivity contribution in [3.63, 3.8) is 0 Å². The van der Waals surface area contributed by atoms with Gasteiger partial charge in [-0.3, -0.25) is 19.6 Å². The van der Waals surface area contributed by atoms with Crippen LogP contribution in [0.1, 0.15) is 50.5 Å². The zero-order valence-electron chi connectivity index (χ0n) is 24.3. The van der Waals surface area contributed by atoms with Crippen LogP contribution >= 0.6 is 0 Å². The largest absolute Gasteiger partial charge is 0.368 e. The summed E-state index contributed by atoms with van der Waals surface area (Å²) in [6, 6.07) is 20.4. The van der Waals surface area contributed by atoms with Gasteiger partial charge in [0, 0.05) is 85.8 Å². The standard InChI is InChI=1S/C34H40N6O2/c41-32(37-27-12-14-28(15-13-27)38-21-23-39(24-22-38)29-16-18-35-19-17-29)11-6-20-40-31-10-5-4-9-30(31)34(36-25-33(40)42)26-7-2-1-3-8-26/h4-5,9-10,12-19,26H,1-3,6-8,11,20-25H2,(H,37,41). The van der Waals surface area contributed by atoms with Crippen LogP contribution in [0, 0.1) is 5.92 Å². The molecule has 3 heterocycles. The molecule has 218 valence electrons. The van der Waals surface area contributed by atoms with Crippen LogP contribution in [0.4, 0.5) is 22.7 Å². The molecule has 2 amide bonds. The Morgan fingerprint density at radius 3 is 2.21 bits per heavy atom. The van der Waals surface area contributed by atoms with E-state index in [9.17, 15) is 9.59 Å². The molecule has 42 heavy (non-hydrogen) atoms. The van der Waals surface area contributed by atoms with Crippen molar-refractivity contribution in [2.24, 2.45) is 10.9 Å². The van der Waals surface area contributed by atoms with Gasteiger partial charge in [0.2, 0.25) is 11.8 Å². The Balaban J connectivity index is 1.00. The summed E-state index contributed by atoms with van der Waals surface area (Å²) in [7, 11) is 0. The lowest BCUT2D eigenvalue weighted by Crippen LogP contribution is -2.46. The first-order valence-corrected chi connectivity index (χ1v) is 15.4. The Hall–Kier alpha value is -4.20. The summed E-state index contributed by atoms with van der Waals surface area (Å²) in [6.45, 7) is 4.49. The van der Waals surface area contributed by atoms with Crippen LogP contribution in [0.5, 0.6) is 0 Å². The van der Waals surface area contributed by atoms with Gasteiger partial charge in [-0.15, -0.1) is 0 Å². The van der Waals surface area contributed by atoms with Gasteiger partial charge in [0.25, 0.3) is 0 Å². The van der Waals surface area contributed by atoms with Crippen molar-refractivity contribution in [2.45, 2.75) is 44.9 Å². The van der Waals surface area contributed by atoms with E-state index in [1.165, 1.54) is 24.9 Å². The first-order valence-electron chi connectivity index (χ1n) is 15.4. The summed E-state index contributed by atoms with van der Waals surface area (Å²) in [6.07, 6.45) is 10.6. The van der Waals surface area contributed by atoms with Crippen LogP contribution in [0.2, 0.25) is 0 Å². The minimum atomic E-state index is -0.0385.